The van der Waals surface area contributed by atoms with Gasteiger partial charge in [0, 0.05) is 16.6 Å². The maximum absolute atomic E-state index is 13.7. The molecule has 3 rings (SSSR count). The monoisotopic (exact) mass is 415 g/mol. The highest BCUT2D eigenvalue weighted by molar-refractivity contribution is 6.05. The smallest absolute Gasteiger partial charge is 0.313 e. The molecule has 30 heavy (non-hydrogen) atoms. The summed E-state index contributed by atoms with van der Waals surface area (Å²) < 4.78 is 33.6. The number of fused-ring (bicyclic) bond motifs is 1. The standard InChI is InChI=1S/C23H23F2NO4/c1-4-5-10-30-23(29)13(2)21-14(3)26(20-9-7-16(27)12-17(20)21)22(28)15-6-8-18(24)19(25)11-15/h6-9,11-13,27H,4-5,10H2,1-3H3/t13-/m0/s1. The molecular weight excluding hydrogens is 392 g/mol. The summed E-state index contributed by atoms with van der Waals surface area (Å²) in [6, 6.07) is 7.38. The minimum Gasteiger partial charge on any atom is -0.508 e. The summed E-state index contributed by atoms with van der Waals surface area (Å²) in [6.07, 6.45) is 1.63. The molecule has 0 bridgehead atoms. The number of phenolic OH excluding ortho intramolecular Hbond substituents is 1. The molecule has 3 aromatic rings. The van der Waals surface area contributed by atoms with Crippen LogP contribution in [0.4, 0.5) is 8.78 Å². The van der Waals surface area contributed by atoms with Crippen molar-refractivity contribution in [3.8, 4) is 5.75 Å². The van der Waals surface area contributed by atoms with Crippen molar-refractivity contribution in [1.82, 2.24) is 4.57 Å². The molecule has 1 atom stereocenters. The zero-order valence-electron chi connectivity index (χ0n) is 17.0. The third-order valence-electron chi connectivity index (χ3n) is 5.13. The quantitative estimate of drug-likeness (QED) is 0.451. The molecule has 158 valence electrons. The first-order chi connectivity index (χ1) is 14.3. The van der Waals surface area contributed by atoms with Crippen LogP contribution in [-0.2, 0) is 9.53 Å². The Morgan fingerprint density at radius 1 is 1.13 bits per heavy atom. The molecular formula is C23H23F2NO4. The normalized spacial score (nSPS) is 12.2. The predicted molar refractivity (Wildman–Crippen MR) is 109 cm³/mol. The summed E-state index contributed by atoms with van der Waals surface area (Å²) in [5, 5.41) is 10.5. The van der Waals surface area contributed by atoms with E-state index in [0.717, 1.165) is 25.0 Å². The summed E-state index contributed by atoms with van der Waals surface area (Å²) in [5.41, 5.74) is 1.42. The number of carbonyl (C=O) groups is 2. The molecule has 0 fully saturated rings. The van der Waals surface area contributed by atoms with Crippen LogP contribution in [0, 0.1) is 18.6 Å². The predicted octanol–water partition coefficient (Wildman–Crippen LogP) is 5.07. The summed E-state index contributed by atoms with van der Waals surface area (Å²) in [4.78, 5) is 25.7. The van der Waals surface area contributed by atoms with E-state index >= 15 is 0 Å². The number of benzene rings is 2. The Balaban J connectivity index is 2.12. The zero-order valence-corrected chi connectivity index (χ0v) is 17.0. The highest BCUT2D eigenvalue weighted by Gasteiger charge is 2.28. The summed E-state index contributed by atoms with van der Waals surface area (Å²) >= 11 is 0. The van der Waals surface area contributed by atoms with E-state index in [0.29, 0.717) is 28.8 Å². The third-order valence-corrected chi connectivity index (χ3v) is 5.13. The van der Waals surface area contributed by atoms with Crippen LogP contribution in [0.2, 0.25) is 0 Å². The largest absolute Gasteiger partial charge is 0.508 e. The lowest BCUT2D eigenvalue weighted by Crippen LogP contribution is -2.17. The van der Waals surface area contributed by atoms with E-state index in [1.165, 1.54) is 22.8 Å². The fraction of sp³-hybridized carbons (Fsp3) is 0.304. The topological polar surface area (TPSA) is 68.5 Å². The van der Waals surface area contributed by atoms with E-state index in [9.17, 15) is 23.5 Å². The van der Waals surface area contributed by atoms with Gasteiger partial charge in [0.1, 0.15) is 5.75 Å². The van der Waals surface area contributed by atoms with Gasteiger partial charge in [-0.15, -0.1) is 0 Å². The number of phenols is 1. The molecule has 0 aliphatic rings. The number of ether oxygens (including phenoxy) is 1. The SMILES string of the molecule is CCCCOC(=O)[C@@H](C)c1c(C)n(C(=O)c2ccc(F)c(F)c2)c2ccc(O)cc12. The second kappa shape index (κ2) is 8.65. The highest BCUT2D eigenvalue weighted by atomic mass is 19.2. The number of esters is 1. The van der Waals surface area contributed by atoms with Crippen LogP contribution in [0.25, 0.3) is 10.9 Å². The van der Waals surface area contributed by atoms with Crippen LogP contribution < -0.4 is 0 Å². The van der Waals surface area contributed by atoms with Gasteiger partial charge in [-0.25, -0.2) is 8.78 Å². The summed E-state index contributed by atoms with van der Waals surface area (Å²) in [7, 11) is 0. The Morgan fingerprint density at radius 2 is 1.87 bits per heavy atom. The first kappa shape index (κ1) is 21.5. The van der Waals surface area contributed by atoms with E-state index < -0.39 is 29.4 Å². The maximum atomic E-state index is 13.7. The first-order valence-corrected chi connectivity index (χ1v) is 9.76. The van der Waals surface area contributed by atoms with Crippen LogP contribution in [-0.4, -0.2) is 28.2 Å². The van der Waals surface area contributed by atoms with Gasteiger partial charge in [-0.05, 0) is 62.2 Å². The molecule has 1 aromatic heterocycles. The molecule has 1 heterocycles. The van der Waals surface area contributed by atoms with Crippen LogP contribution in [0.15, 0.2) is 36.4 Å². The lowest BCUT2D eigenvalue weighted by atomic mass is 9.98. The Kier molecular flexibility index (Phi) is 6.20. The molecule has 0 spiro atoms. The van der Waals surface area contributed by atoms with E-state index in [2.05, 4.69) is 0 Å². The van der Waals surface area contributed by atoms with Gasteiger partial charge in [0.2, 0.25) is 0 Å². The van der Waals surface area contributed by atoms with Crippen molar-refractivity contribution in [3.05, 3.63) is 64.9 Å². The van der Waals surface area contributed by atoms with Crippen molar-refractivity contribution in [2.75, 3.05) is 6.61 Å². The Morgan fingerprint density at radius 3 is 2.53 bits per heavy atom. The number of aromatic hydroxyl groups is 1. The van der Waals surface area contributed by atoms with Gasteiger partial charge in [0.05, 0.1) is 18.0 Å². The van der Waals surface area contributed by atoms with Crippen LogP contribution in [0.5, 0.6) is 5.75 Å². The molecule has 0 aliphatic heterocycles. The fourth-order valence-electron chi connectivity index (χ4n) is 3.56. The maximum Gasteiger partial charge on any atom is 0.313 e. The molecule has 7 heteroatoms. The van der Waals surface area contributed by atoms with Crippen molar-refractivity contribution in [2.24, 2.45) is 0 Å². The average Bonchev–Trinajstić information content (AvgIpc) is 2.99. The number of halogens is 2. The number of unbranched alkanes of at least 4 members (excludes halogenated alkanes) is 1. The zero-order chi connectivity index (χ0) is 22.0. The molecule has 2 aromatic carbocycles. The number of carbonyl (C=O) groups excluding carboxylic acids is 2. The van der Waals surface area contributed by atoms with Crippen LogP contribution >= 0.6 is 0 Å². The lowest BCUT2D eigenvalue weighted by Gasteiger charge is -2.13. The molecule has 1 N–H and O–H groups in total. The minimum atomic E-state index is -1.12. The molecule has 0 aliphatic carbocycles. The molecule has 0 amide bonds. The van der Waals surface area contributed by atoms with Crippen LogP contribution in [0.1, 0.15) is 54.2 Å². The average molecular weight is 415 g/mol. The molecule has 0 radical (unpaired) electrons. The van der Waals surface area contributed by atoms with Gasteiger partial charge in [-0.1, -0.05) is 13.3 Å². The van der Waals surface area contributed by atoms with E-state index in [1.807, 2.05) is 6.92 Å². The minimum absolute atomic E-state index is 0.0206. The molecule has 5 nitrogen and oxygen atoms in total. The second-order valence-electron chi connectivity index (χ2n) is 7.21. The number of hydrogen-bond donors (Lipinski definition) is 1. The Hall–Kier alpha value is -3.22. The van der Waals surface area contributed by atoms with Crippen LogP contribution in [0.3, 0.4) is 0 Å². The van der Waals surface area contributed by atoms with Gasteiger partial charge in [0.15, 0.2) is 11.6 Å². The highest BCUT2D eigenvalue weighted by Crippen LogP contribution is 2.35. The van der Waals surface area contributed by atoms with E-state index in [-0.39, 0.29) is 11.3 Å². The number of nitrogens with zero attached hydrogens (tertiary/aromatic N) is 1. The molecule has 0 unspecified atom stereocenters. The first-order valence-electron chi connectivity index (χ1n) is 9.76. The van der Waals surface area contributed by atoms with Crippen molar-refractivity contribution in [1.29, 1.82) is 0 Å². The van der Waals surface area contributed by atoms with Gasteiger partial charge in [-0.2, -0.15) is 0 Å². The lowest BCUT2D eigenvalue weighted by molar-refractivity contribution is -0.145. The van der Waals surface area contributed by atoms with Crippen molar-refractivity contribution >= 4 is 22.8 Å². The number of aromatic nitrogens is 1. The van der Waals surface area contributed by atoms with Crippen molar-refractivity contribution < 1.29 is 28.2 Å². The summed E-state index contributed by atoms with van der Waals surface area (Å²) in [6.45, 7) is 5.63. The van der Waals surface area contributed by atoms with Gasteiger partial charge in [-0.3, -0.25) is 14.2 Å². The molecule has 0 saturated heterocycles. The van der Waals surface area contributed by atoms with Gasteiger partial charge < -0.3 is 9.84 Å². The van der Waals surface area contributed by atoms with E-state index in [4.69, 9.17) is 4.74 Å². The van der Waals surface area contributed by atoms with E-state index in [1.54, 1.807) is 19.9 Å². The summed E-state index contributed by atoms with van der Waals surface area (Å²) in [5.74, 6) is -3.89. The van der Waals surface area contributed by atoms with Crippen molar-refractivity contribution in [3.63, 3.8) is 0 Å². The second-order valence-corrected chi connectivity index (χ2v) is 7.21. The number of rotatable bonds is 6. The fourth-order valence-corrected chi connectivity index (χ4v) is 3.56. The van der Waals surface area contributed by atoms with Gasteiger partial charge >= 0.3 is 5.97 Å². The van der Waals surface area contributed by atoms with Crippen molar-refractivity contribution in [2.45, 2.75) is 39.5 Å². The number of hydrogen-bond acceptors (Lipinski definition) is 4. The third kappa shape index (κ3) is 3.92. The van der Waals surface area contributed by atoms with Gasteiger partial charge in [0.25, 0.3) is 5.91 Å². The Bertz CT molecular complexity index is 1120. The Labute approximate surface area is 172 Å². The molecule has 0 saturated carbocycles.